The number of hydrogen-bond donors (Lipinski definition) is 0. The SMILES string of the molecule is CC(C)[C@H](N=C(c1ccccc1)c1ccccc1)[14C](=O)[C@H]1[C@@H]2C[C@H]3CC[C@]2(CS1(=O)=O)C3(C)C. The minimum absolute atomic E-state index is 0.0321. The molecule has 2 aromatic rings. The molecule has 2 aromatic carbocycles. The van der Waals surface area contributed by atoms with Crippen LogP contribution in [-0.2, 0) is 14.6 Å². The van der Waals surface area contributed by atoms with Crippen molar-refractivity contribution in [2.45, 2.75) is 58.2 Å². The third kappa shape index (κ3) is 3.42. The zero-order chi connectivity index (χ0) is 24.3. The Morgan fingerprint density at radius 2 is 1.56 bits per heavy atom. The lowest BCUT2D eigenvalue weighted by molar-refractivity contribution is -0.122. The first-order valence-corrected chi connectivity index (χ1v) is 14.2. The second-order valence-corrected chi connectivity index (χ2v) is 13.6. The molecule has 0 aromatic heterocycles. The maximum Gasteiger partial charge on any atom is 0.175 e. The predicted octanol–water partition coefficient (Wildman–Crippen LogP) is 5.36. The zero-order valence-electron chi connectivity index (χ0n) is 20.6. The number of nitrogens with zero attached hydrogens (tertiary/aromatic N) is 1. The van der Waals surface area contributed by atoms with E-state index in [1.807, 2.05) is 74.5 Å². The minimum atomic E-state index is -3.52. The van der Waals surface area contributed by atoms with Gasteiger partial charge in [0.15, 0.2) is 15.6 Å². The molecule has 34 heavy (non-hydrogen) atoms. The molecule has 5 rings (SSSR count). The molecule has 3 fully saturated rings. The summed E-state index contributed by atoms with van der Waals surface area (Å²) in [5, 5.41) is -0.930. The molecule has 180 valence electrons. The summed E-state index contributed by atoms with van der Waals surface area (Å²) in [6, 6.07) is 19.0. The molecule has 2 aliphatic carbocycles. The molecular weight excluding hydrogens is 444 g/mol. The maximum absolute atomic E-state index is 14.1. The third-order valence-corrected chi connectivity index (χ3v) is 11.5. The van der Waals surface area contributed by atoms with Crippen molar-refractivity contribution in [3.63, 3.8) is 0 Å². The standard InChI is InChI=1S/C29H35NO3S/c1-19(2)24(30-25(20-11-7-5-8-12-20)21-13-9-6-10-14-21)26(31)27-23-17-22-15-16-29(23,28(22,3)4)18-34(27,32)33/h5-14,19,22-24,27H,15-18H2,1-4H3/t22-,23+,24+,27-,29-/m1/s1/i26+2. The number of Topliss-reactive ketones (excluding diaryl/α,β-unsaturated/α-hetero) is 1. The van der Waals surface area contributed by atoms with Crippen LogP contribution in [0.15, 0.2) is 65.7 Å². The van der Waals surface area contributed by atoms with Crippen molar-refractivity contribution in [3.8, 4) is 0 Å². The lowest BCUT2D eigenvalue weighted by Gasteiger charge is -2.37. The minimum Gasteiger partial charge on any atom is -0.296 e. The van der Waals surface area contributed by atoms with Gasteiger partial charge >= 0.3 is 0 Å². The van der Waals surface area contributed by atoms with Gasteiger partial charge in [-0.05, 0) is 47.8 Å². The first-order valence-electron chi connectivity index (χ1n) is 12.5. The van der Waals surface area contributed by atoms with Crippen LogP contribution in [0.3, 0.4) is 0 Å². The van der Waals surface area contributed by atoms with E-state index in [4.69, 9.17) is 4.99 Å². The molecule has 2 saturated carbocycles. The molecule has 0 radical (unpaired) electrons. The van der Waals surface area contributed by atoms with Gasteiger partial charge in [-0.3, -0.25) is 9.79 Å². The topological polar surface area (TPSA) is 63.6 Å². The van der Waals surface area contributed by atoms with Gasteiger partial charge in [0, 0.05) is 11.1 Å². The van der Waals surface area contributed by atoms with Crippen molar-refractivity contribution in [1.29, 1.82) is 0 Å². The average molecular weight is 480 g/mol. The van der Waals surface area contributed by atoms with E-state index in [0.717, 1.165) is 36.1 Å². The smallest absolute Gasteiger partial charge is 0.175 e. The van der Waals surface area contributed by atoms with Crippen LogP contribution in [0.5, 0.6) is 0 Å². The van der Waals surface area contributed by atoms with Crippen LogP contribution in [0.25, 0.3) is 0 Å². The summed E-state index contributed by atoms with van der Waals surface area (Å²) in [7, 11) is -3.52. The summed E-state index contributed by atoms with van der Waals surface area (Å²) < 4.78 is 27.1. The lowest BCUT2D eigenvalue weighted by atomic mass is 9.66. The van der Waals surface area contributed by atoms with E-state index in [2.05, 4.69) is 13.8 Å². The number of carbonyl (C=O) groups excluding carboxylic acids is 1. The second kappa shape index (κ2) is 8.15. The Morgan fingerprint density at radius 3 is 2.06 bits per heavy atom. The summed E-state index contributed by atoms with van der Waals surface area (Å²) in [6.07, 6.45) is 2.85. The molecule has 1 saturated heterocycles. The Labute approximate surface area is 203 Å². The number of fused-ring (bicyclic) bond motifs is 1. The zero-order valence-corrected chi connectivity index (χ0v) is 21.4. The molecule has 1 spiro atoms. The van der Waals surface area contributed by atoms with Crippen molar-refractivity contribution in [3.05, 3.63) is 71.8 Å². The van der Waals surface area contributed by atoms with Crippen LogP contribution >= 0.6 is 0 Å². The molecule has 0 N–H and O–H groups in total. The van der Waals surface area contributed by atoms with Gasteiger partial charge in [-0.2, -0.15) is 0 Å². The van der Waals surface area contributed by atoms with Crippen molar-refractivity contribution in [2.24, 2.45) is 33.6 Å². The quantitative estimate of drug-likeness (QED) is 0.524. The van der Waals surface area contributed by atoms with Crippen LogP contribution in [-0.4, -0.2) is 37.0 Å². The second-order valence-electron chi connectivity index (χ2n) is 11.5. The van der Waals surface area contributed by atoms with Crippen molar-refractivity contribution >= 4 is 21.3 Å². The van der Waals surface area contributed by atoms with Gasteiger partial charge in [0.05, 0.1) is 11.5 Å². The monoisotopic (exact) mass is 479 g/mol. The summed E-state index contributed by atoms with van der Waals surface area (Å²) in [6.45, 7) is 8.41. The fourth-order valence-electron chi connectivity index (χ4n) is 7.34. The van der Waals surface area contributed by atoms with E-state index in [9.17, 15) is 13.2 Å². The van der Waals surface area contributed by atoms with Crippen LogP contribution in [0.2, 0.25) is 0 Å². The summed E-state index contributed by atoms with van der Waals surface area (Å²) in [5.41, 5.74) is 2.31. The molecule has 5 atom stereocenters. The number of carbonyl (C=O) groups is 1. The predicted molar refractivity (Wildman–Crippen MR) is 137 cm³/mol. The highest BCUT2D eigenvalue weighted by Gasteiger charge is 2.73. The van der Waals surface area contributed by atoms with E-state index in [1.54, 1.807) is 0 Å². The number of hydrogen-bond acceptors (Lipinski definition) is 4. The molecular formula is C29H35NO3S. The molecule has 3 aliphatic rings. The Kier molecular flexibility index (Phi) is 5.63. The Balaban J connectivity index is 1.58. The molecule has 2 bridgehead atoms. The number of ketones is 1. The average Bonchev–Trinajstić information content (AvgIpc) is 3.28. The normalized spacial score (nSPS) is 31.3. The molecule has 5 heteroatoms. The number of sulfone groups is 1. The van der Waals surface area contributed by atoms with Crippen molar-refractivity contribution < 1.29 is 13.2 Å². The molecule has 4 nitrogen and oxygen atoms in total. The molecule has 1 aliphatic heterocycles. The third-order valence-electron chi connectivity index (χ3n) is 9.27. The van der Waals surface area contributed by atoms with Crippen LogP contribution in [0.1, 0.15) is 58.1 Å². The number of benzene rings is 2. The van der Waals surface area contributed by atoms with Gasteiger partial charge in [-0.1, -0.05) is 88.4 Å². The van der Waals surface area contributed by atoms with Crippen molar-refractivity contribution in [2.75, 3.05) is 5.75 Å². The van der Waals surface area contributed by atoms with Crippen LogP contribution in [0, 0.1) is 28.6 Å². The van der Waals surface area contributed by atoms with E-state index >= 15 is 0 Å². The largest absolute Gasteiger partial charge is 0.296 e. The highest BCUT2D eigenvalue weighted by atomic mass is 32.2. The molecule has 0 amide bonds. The van der Waals surface area contributed by atoms with Gasteiger partial charge in [-0.25, -0.2) is 8.42 Å². The van der Waals surface area contributed by atoms with Crippen molar-refractivity contribution in [1.82, 2.24) is 0 Å². The van der Waals surface area contributed by atoms with Gasteiger partial charge in [-0.15, -0.1) is 0 Å². The van der Waals surface area contributed by atoms with E-state index in [1.165, 1.54) is 0 Å². The van der Waals surface area contributed by atoms with E-state index in [-0.39, 0.29) is 34.2 Å². The van der Waals surface area contributed by atoms with Gasteiger partial charge < -0.3 is 0 Å². The highest BCUT2D eigenvalue weighted by Crippen LogP contribution is 2.72. The Hall–Kier alpha value is -2.27. The van der Waals surface area contributed by atoms with Gasteiger partial charge in [0.25, 0.3) is 0 Å². The number of rotatable bonds is 6. The molecule has 1 heterocycles. The van der Waals surface area contributed by atoms with E-state index in [0.29, 0.717) is 5.92 Å². The first kappa shape index (κ1) is 23.5. The van der Waals surface area contributed by atoms with Crippen LogP contribution in [0.4, 0.5) is 0 Å². The van der Waals surface area contributed by atoms with Gasteiger partial charge in [0.1, 0.15) is 11.3 Å². The van der Waals surface area contributed by atoms with E-state index < -0.39 is 21.1 Å². The summed E-state index contributed by atoms with van der Waals surface area (Å²) in [5.74, 6) is 0.280. The molecule has 0 unspecified atom stereocenters. The highest BCUT2D eigenvalue weighted by molar-refractivity contribution is 7.93. The van der Waals surface area contributed by atoms with Gasteiger partial charge in [0.2, 0.25) is 0 Å². The lowest BCUT2D eigenvalue weighted by Crippen LogP contribution is -2.43. The first-order chi connectivity index (χ1) is 16.1. The maximum atomic E-state index is 14.1. The summed E-state index contributed by atoms with van der Waals surface area (Å²) in [4.78, 5) is 19.2. The fraction of sp³-hybridized carbons (Fsp3) is 0.517. The Morgan fingerprint density at radius 1 is 1.00 bits per heavy atom. The summed E-state index contributed by atoms with van der Waals surface area (Å²) >= 11 is 0. The number of aliphatic imine (C=N–C) groups is 1. The van der Waals surface area contributed by atoms with Crippen LogP contribution < -0.4 is 0 Å². The fourth-order valence-corrected chi connectivity index (χ4v) is 10.3. The Bertz CT molecular complexity index is 1180.